The molecule has 0 spiro atoms. The fraction of sp³-hybridized carbons (Fsp3) is 0.522. The SMILES string of the molecule is Cc1c(Cl)cc(F)cc1S(=O)(=O)N1CCN(C(CC2CCCCC2)C(=O)Nc2nccs2)C(=O)C1. The monoisotopic (exact) mass is 542 g/mol. The summed E-state index contributed by atoms with van der Waals surface area (Å²) in [7, 11) is -4.16. The average molecular weight is 543 g/mol. The van der Waals surface area contributed by atoms with Crippen molar-refractivity contribution in [3.05, 3.63) is 40.1 Å². The Labute approximate surface area is 213 Å². The maximum absolute atomic E-state index is 13.9. The van der Waals surface area contributed by atoms with Gasteiger partial charge in [0.1, 0.15) is 11.9 Å². The number of hydrogen-bond acceptors (Lipinski definition) is 6. The minimum absolute atomic E-state index is 0.0000546. The molecule has 0 bridgehead atoms. The van der Waals surface area contributed by atoms with E-state index in [2.05, 4.69) is 10.3 Å². The quantitative estimate of drug-likeness (QED) is 0.569. The van der Waals surface area contributed by atoms with Crippen LogP contribution in [0.15, 0.2) is 28.6 Å². The Balaban J connectivity index is 1.53. The Morgan fingerprint density at radius 2 is 2.03 bits per heavy atom. The van der Waals surface area contributed by atoms with E-state index < -0.39 is 34.3 Å². The van der Waals surface area contributed by atoms with Gasteiger partial charge in [0.25, 0.3) is 0 Å². The van der Waals surface area contributed by atoms with Gasteiger partial charge in [-0.25, -0.2) is 17.8 Å². The van der Waals surface area contributed by atoms with Crippen molar-refractivity contribution in [2.24, 2.45) is 5.92 Å². The summed E-state index contributed by atoms with van der Waals surface area (Å²) >= 11 is 7.29. The van der Waals surface area contributed by atoms with E-state index in [1.165, 1.54) is 29.6 Å². The highest BCUT2D eigenvalue weighted by atomic mass is 35.5. The molecule has 0 radical (unpaired) electrons. The number of carbonyl (C=O) groups excluding carboxylic acids is 2. The number of thiazole rings is 1. The number of sulfonamides is 1. The number of amides is 2. The van der Waals surface area contributed by atoms with Gasteiger partial charge >= 0.3 is 0 Å². The molecule has 2 aromatic rings. The number of benzene rings is 1. The minimum Gasteiger partial charge on any atom is -0.328 e. The summed E-state index contributed by atoms with van der Waals surface area (Å²) in [6.07, 6.45) is 7.49. The van der Waals surface area contributed by atoms with Crippen LogP contribution in [0.2, 0.25) is 5.02 Å². The molecule has 1 saturated heterocycles. The molecule has 1 aromatic heterocycles. The predicted molar refractivity (Wildman–Crippen MR) is 132 cm³/mol. The molecule has 1 atom stereocenters. The van der Waals surface area contributed by atoms with Crippen molar-refractivity contribution in [1.29, 1.82) is 0 Å². The maximum Gasteiger partial charge on any atom is 0.248 e. The van der Waals surface area contributed by atoms with Crippen molar-refractivity contribution in [2.75, 3.05) is 25.0 Å². The summed E-state index contributed by atoms with van der Waals surface area (Å²) in [5.74, 6) is -1.23. The number of piperazine rings is 1. The molecule has 2 aliphatic rings. The van der Waals surface area contributed by atoms with Crippen LogP contribution in [0, 0.1) is 18.7 Å². The highest BCUT2D eigenvalue weighted by molar-refractivity contribution is 7.89. The average Bonchev–Trinajstić information content (AvgIpc) is 3.33. The highest BCUT2D eigenvalue weighted by Gasteiger charge is 2.40. The van der Waals surface area contributed by atoms with Crippen molar-refractivity contribution in [3.63, 3.8) is 0 Å². The minimum atomic E-state index is -4.16. The van der Waals surface area contributed by atoms with Crippen LogP contribution in [0.3, 0.4) is 0 Å². The van der Waals surface area contributed by atoms with E-state index in [-0.39, 0.29) is 34.5 Å². The lowest BCUT2D eigenvalue weighted by atomic mass is 9.84. The predicted octanol–water partition coefficient (Wildman–Crippen LogP) is 4.05. The van der Waals surface area contributed by atoms with E-state index in [1.807, 2.05) is 0 Å². The van der Waals surface area contributed by atoms with E-state index in [1.54, 1.807) is 11.6 Å². The van der Waals surface area contributed by atoms with Gasteiger partial charge in [0.15, 0.2) is 5.13 Å². The van der Waals surface area contributed by atoms with Crippen molar-refractivity contribution in [2.45, 2.75) is 56.4 Å². The maximum atomic E-state index is 13.9. The summed E-state index contributed by atoms with van der Waals surface area (Å²) in [4.78, 5) is 31.8. The van der Waals surface area contributed by atoms with Crippen LogP contribution in [0.1, 0.15) is 44.1 Å². The summed E-state index contributed by atoms with van der Waals surface area (Å²) in [6, 6.07) is 1.25. The smallest absolute Gasteiger partial charge is 0.248 e. The number of anilines is 1. The highest BCUT2D eigenvalue weighted by Crippen LogP contribution is 2.31. The van der Waals surface area contributed by atoms with Crippen molar-refractivity contribution < 1.29 is 22.4 Å². The van der Waals surface area contributed by atoms with Crippen LogP contribution in [0.4, 0.5) is 9.52 Å². The molecule has 35 heavy (non-hydrogen) atoms. The zero-order valence-electron chi connectivity index (χ0n) is 19.4. The third kappa shape index (κ3) is 5.84. The molecule has 2 amide bonds. The zero-order valence-corrected chi connectivity index (χ0v) is 21.8. The van der Waals surface area contributed by atoms with E-state index in [4.69, 9.17) is 11.6 Å². The summed E-state index contributed by atoms with van der Waals surface area (Å²) in [6.45, 7) is 1.12. The Bertz CT molecular complexity index is 1190. The second-order valence-corrected chi connectivity index (χ2v) is 12.2. The molecule has 1 aliphatic carbocycles. The number of nitrogens with zero attached hydrogens (tertiary/aromatic N) is 3. The summed E-state index contributed by atoms with van der Waals surface area (Å²) in [5.41, 5.74) is 0.223. The molecule has 1 unspecified atom stereocenters. The molecule has 4 rings (SSSR count). The number of hydrogen-bond donors (Lipinski definition) is 1. The van der Waals surface area contributed by atoms with Crippen molar-refractivity contribution in [1.82, 2.24) is 14.2 Å². The second kappa shape index (κ2) is 10.9. The Hall–Kier alpha value is -2.08. The van der Waals surface area contributed by atoms with Crippen LogP contribution >= 0.6 is 22.9 Å². The number of rotatable bonds is 7. The van der Waals surface area contributed by atoms with Gasteiger partial charge in [-0.3, -0.25) is 9.59 Å². The summed E-state index contributed by atoms with van der Waals surface area (Å²) in [5, 5.41) is 5.01. The van der Waals surface area contributed by atoms with Crippen LogP contribution in [0.5, 0.6) is 0 Å². The van der Waals surface area contributed by atoms with E-state index in [0.717, 1.165) is 42.1 Å². The van der Waals surface area contributed by atoms with Gasteiger partial charge in [0, 0.05) is 29.7 Å². The molecule has 1 aromatic carbocycles. The van der Waals surface area contributed by atoms with Gasteiger partial charge in [-0.2, -0.15) is 4.31 Å². The third-order valence-corrected chi connectivity index (χ3v) is 9.78. The summed E-state index contributed by atoms with van der Waals surface area (Å²) < 4.78 is 41.4. The first-order valence-corrected chi connectivity index (χ1v) is 14.3. The Kier molecular flexibility index (Phi) is 8.09. The fourth-order valence-corrected chi connectivity index (χ4v) is 7.25. The standard InChI is InChI=1S/C23H28ClFN4O4S2/c1-15-18(24)12-17(25)13-20(15)35(32,33)28-8-9-29(21(30)14-28)19(11-16-5-3-2-4-6-16)22(31)27-23-26-7-10-34-23/h7,10,12-13,16,19H,2-6,8-9,11,14H2,1H3,(H,26,27,31). The molecule has 2 fully saturated rings. The molecule has 190 valence electrons. The molecule has 8 nitrogen and oxygen atoms in total. The molecule has 1 saturated carbocycles. The molecule has 1 N–H and O–H groups in total. The van der Waals surface area contributed by atoms with Crippen molar-refractivity contribution >= 4 is 49.9 Å². The first-order chi connectivity index (χ1) is 16.7. The number of aromatic nitrogens is 1. The van der Waals surface area contributed by atoms with E-state index >= 15 is 0 Å². The molecule has 2 heterocycles. The fourth-order valence-electron chi connectivity index (χ4n) is 4.82. The second-order valence-electron chi connectivity index (χ2n) is 9.02. The Morgan fingerprint density at radius 3 is 2.69 bits per heavy atom. The Morgan fingerprint density at radius 1 is 1.29 bits per heavy atom. The van der Waals surface area contributed by atoms with Gasteiger partial charge in [0.05, 0.1) is 11.4 Å². The van der Waals surface area contributed by atoms with Gasteiger partial charge < -0.3 is 10.2 Å². The van der Waals surface area contributed by atoms with E-state index in [0.29, 0.717) is 17.5 Å². The molecular formula is C23H28ClFN4O4S2. The zero-order chi connectivity index (χ0) is 25.2. The largest absolute Gasteiger partial charge is 0.328 e. The van der Waals surface area contributed by atoms with Crippen LogP contribution in [-0.2, 0) is 19.6 Å². The van der Waals surface area contributed by atoms with Gasteiger partial charge in [-0.15, -0.1) is 11.3 Å². The normalized spacial score (nSPS) is 19.1. The lowest BCUT2D eigenvalue weighted by molar-refractivity contribution is -0.142. The first kappa shape index (κ1) is 26.0. The number of carbonyl (C=O) groups is 2. The van der Waals surface area contributed by atoms with Gasteiger partial charge in [-0.1, -0.05) is 43.7 Å². The number of halogens is 2. The van der Waals surface area contributed by atoms with Gasteiger partial charge in [0.2, 0.25) is 21.8 Å². The van der Waals surface area contributed by atoms with Gasteiger partial charge in [-0.05, 0) is 37.0 Å². The van der Waals surface area contributed by atoms with Crippen molar-refractivity contribution in [3.8, 4) is 0 Å². The first-order valence-electron chi connectivity index (χ1n) is 11.6. The molecular weight excluding hydrogens is 515 g/mol. The third-order valence-electron chi connectivity index (χ3n) is 6.72. The lowest BCUT2D eigenvalue weighted by Crippen LogP contribution is -2.58. The van der Waals surface area contributed by atoms with Crippen LogP contribution in [-0.4, -0.2) is 60.1 Å². The number of nitrogens with one attached hydrogen (secondary N) is 1. The van der Waals surface area contributed by atoms with E-state index in [9.17, 15) is 22.4 Å². The lowest BCUT2D eigenvalue weighted by Gasteiger charge is -2.39. The topological polar surface area (TPSA) is 99.7 Å². The molecule has 1 aliphatic heterocycles. The molecule has 12 heteroatoms. The van der Waals surface area contributed by atoms with Crippen LogP contribution < -0.4 is 5.32 Å². The van der Waals surface area contributed by atoms with Crippen LogP contribution in [0.25, 0.3) is 0 Å².